The standard InChI is InChI=1S/C16H24N2O2/c1-18(12-13-4-2-3-5-13)16(19)10-11-20-15-8-6-14(17)7-9-15/h6-9,13H,2-5,10-12,17H2,1H3. The predicted octanol–water partition coefficient (Wildman–Crippen LogP) is 2.69. The number of hydrogen-bond acceptors (Lipinski definition) is 3. The van der Waals surface area contributed by atoms with Crippen LogP contribution < -0.4 is 10.5 Å². The normalized spacial score (nSPS) is 15.2. The Kier molecular flexibility index (Phi) is 5.27. The molecule has 2 N–H and O–H groups in total. The molecular weight excluding hydrogens is 252 g/mol. The highest BCUT2D eigenvalue weighted by atomic mass is 16.5. The van der Waals surface area contributed by atoms with Crippen LogP contribution in [-0.2, 0) is 4.79 Å². The van der Waals surface area contributed by atoms with Crippen LogP contribution in [0.15, 0.2) is 24.3 Å². The van der Waals surface area contributed by atoms with Crippen molar-refractivity contribution in [3.05, 3.63) is 24.3 Å². The van der Waals surface area contributed by atoms with Crippen molar-refractivity contribution in [3.63, 3.8) is 0 Å². The van der Waals surface area contributed by atoms with Gasteiger partial charge in [-0.25, -0.2) is 0 Å². The largest absolute Gasteiger partial charge is 0.493 e. The second-order valence-corrected chi connectivity index (χ2v) is 5.59. The lowest BCUT2D eigenvalue weighted by Gasteiger charge is -2.21. The molecule has 1 saturated carbocycles. The Morgan fingerprint density at radius 2 is 1.95 bits per heavy atom. The molecule has 0 bridgehead atoms. The van der Waals surface area contributed by atoms with Crippen LogP contribution >= 0.6 is 0 Å². The number of nitrogens with zero attached hydrogens (tertiary/aromatic N) is 1. The summed E-state index contributed by atoms with van der Waals surface area (Å²) < 4.78 is 5.55. The predicted molar refractivity (Wildman–Crippen MR) is 80.6 cm³/mol. The summed E-state index contributed by atoms with van der Waals surface area (Å²) in [6, 6.07) is 7.23. The van der Waals surface area contributed by atoms with E-state index in [4.69, 9.17) is 10.5 Å². The lowest BCUT2D eigenvalue weighted by molar-refractivity contribution is -0.130. The Morgan fingerprint density at radius 3 is 2.60 bits per heavy atom. The number of carbonyl (C=O) groups excluding carboxylic acids is 1. The maximum absolute atomic E-state index is 12.0. The SMILES string of the molecule is CN(CC1CCCC1)C(=O)CCOc1ccc(N)cc1. The first-order valence-electron chi connectivity index (χ1n) is 7.37. The number of ether oxygens (including phenoxy) is 1. The van der Waals surface area contributed by atoms with Crippen molar-refractivity contribution in [2.75, 3.05) is 25.9 Å². The third-order valence-electron chi connectivity index (χ3n) is 3.90. The van der Waals surface area contributed by atoms with Gasteiger partial charge in [-0.2, -0.15) is 0 Å². The molecular formula is C16H24N2O2. The first kappa shape index (κ1) is 14.7. The van der Waals surface area contributed by atoms with E-state index in [-0.39, 0.29) is 5.91 Å². The highest BCUT2D eigenvalue weighted by molar-refractivity contribution is 5.76. The highest BCUT2D eigenvalue weighted by Gasteiger charge is 2.19. The van der Waals surface area contributed by atoms with Gasteiger partial charge in [0.1, 0.15) is 5.75 Å². The molecule has 1 amide bonds. The molecule has 0 aliphatic heterocycles. The Hall–Kier alpha value is -1.71. The van der Waals surface area contributed by atoms with Gasteiger partial charge in [-0.3, -0.25) is 4.79 Å². The van der Waals surface area contributed by atoms with Crippen molar-refractivity contribution >= 4 is 11.6 Å². The van der Waals surface area contributed by atoms with Crippen LogP contribution in [0.25, 0.3) is 0 Å². The minimum Gasteiger partial charge on any atom is -0.493 e. The molecule has 0 heterocycles. The van der Waals surface area contributed by atoms with Gasteiger partial charge in [-0.05, 0) is 43.0 Å². The van der Waals surface area contributed by atoms with Crippen molar-refractivity contribution in [3.8, 4) is 5.75 Å². The summed E-state index contributed by atoms with van der Waals surface area (Å²) >= 11 is 0. The van der Waals surface area contributed by atoms with E-state index in [2.05, 4.69) is 0 Å². The van der Waals surface area contributed by atoms with Crippen molar-refractivity contribution in [2.24, 2.45) is 5.92 Å². The fourth-order valence-electron chi connectivity index (χ4n) is 2.69. The van der Waals surface area contributed by atoms with E-state index in [9.17, 15) is 4.79 Å². The average molecular weight is 276 g/mol. The van der Waals surface area contributed by atoms with Crippen LogP contribution in [0.3, 0.4) is 0 Å². The monoisotopic (exact) mass is 276 g/mol. The van der Waals surface area contributed by atoms with E-state index in [1.807, 2.05) is 24.1 Å². The minimum atomic E-state index is 0.160. The molecule has 1 aromatic carbocycles. The number of amides is 1. The molecule has 0 aromatic heterocycles. The smallest absolute Gasteiger partial charge is 0.225 e. The van der Waals surface area contributed by atoms with Gasteiger partial charge < -0.3 is 15.4 Å². The van der Waals surface area contributed by atoms with E-state index < -0.39 is 0 Å². The van der Waals surface area contributed by atoms with Crippen molar-refractivity contribution < 1.29 is 9.53 Å². The van der Waals surface area contributed by atoms with Crippen LogP contribution in [0.5, 0.6) is 5.75 Å². The van der Waals surface area contributed by atoms with Crippen LogP contribution in [0.2, 0.25) is 0 Å². The molecule has 1 fully saturated rings. The summed E-state index contributed by atoms with van der Waals surface area (Å²) in [7, 11) is 1.89. The van der Waals surface area contributed by atoms with Crippen molar-refractivity contribution in [1.29, 1.82) is 0 Å². The molecule has 110 valence electrons. The quantitative estimate of drug-likeness (QED) is 0.813. The van der Waals surface area contributed by atoms with E-state index in [0.717, 1.165) is 12.3 Å². The first-order valence-corrected chi connectivity index (χ1v) is 7.37. The van der Waals surface area contributed by atoms with Crippen LogP contribution in [0.1, 0.15) is 32.1 Å². The summed E-state index contributed by atoms with van der Waals surface area (Å²) in [5.74, 6) is 1.61. The highest BCUT2D eigenvalue weighted by Crippen LogP contribution is 2.25. The Bertz CT molecular complexity index is 425. The summed E-state index contributed by atoms with van der Waals surface area (Å²) in [5, 5.41) is 0. The molecule has 4 nitrogen and oxygen atoms in total. The van der Waals surface area contributed by atoms with E-state index in [0.29, 0.717) is 24.6 Å². The number of hydrogen-bond donors (Lipinski definition) is 1. The number of nitrogens with two attached hydrogens (primary N) is 1. The number of anilines is 1. The summed E-state index contributed by atoms with van der Waals surface area (Å²) in [6.07, 6.45) is 5.58. The van der Waals surface area contributed by atoms with Gasteiger partial charge in [0.25, 0.3) is 0 Å². The fraction of sp³-hybridized carbons (Fsp3) is 0.562. The zero-order chi connectivity index (χ0) is 14.4. The summed E-state index contributed by atoms with van der Waals surface area (Å²) in [6.45, 7) is 1.30. The van der Waals surface area contributed by atoms with E-state index in [1.165, 1.54) is 25.7 Å². The summed E-state index contributed by atoms with van der Waals surface area (Å²) in [5.41, 5.74) is 6.32. The molecule has 20 heavy (non-hydrogen) atoms. The fourth-order valence-corrected chi connectivity index (χ4v) is 2.69. The zero-order valence-electron chi connectivity index (χ0n) is 12.2. The Balaban J connectivity index is 1.67. The van der Waals surface area contributed by atoms with Gasteiger partial charge in [0.2, 0.25) is 5.91 Å². The average Bonchev–Trinajstić information content (AvgIpc) is 2.93. The van der Waals surface area contributed by atoms with Gasteiger partial charge >= 0.3 is 0 Å². The van der Waals surface area contributed by atoms with Gasteiger partial charge in [-0.1, -0.05) is 12.8 Å². The second-order valence-electron chi connectivity index (χ2n) is 5.59. The molecule has 0 radical (unpaired) electrons. The molecule has 0 spiro atoms. The number of benzene rings is 1. The van der Waals surface area contributed by atoms with Gasteiger partial charge in [0.05, 0.1) is 13.0 Å². The Labute approximate surface area is 120 Å². The van der Waals surface area contributed by atoms with Crippen molar-refractivity contribution in [1.82, 2.24) is 4.90 Å². The Morgan fingerprint density at radius 1 is 1.30 bits per heavy atom. The van der Waals surface area contributed by atoms with Gasteiger partial charge in [0, 0.05) is 19.3 Å². The van der Waals surface area contributed by atoms with Crippen LogP contribution in [-0.4, -0.2) is 31.0 Å². The lowest BCUT2D eigenvalue weighted by Crippen LogP contribution is -2.32. The molecule has 1 aromatic rings. The first-order chi connectivity index (χ1) is 9.65. The van der Waals surface area contributed by atoms with Crippen LogP contribution in [0, 0.1) is 5.92 Å². The molecule has 2 rings (SSSR count). The molecule has 0 saturated heterocycles. The van der Waals surface area contributed by atoms with Gasteiger partial charge in [-0.15, -0.1) is 0 Å². The molecule has 1 aliphatic carbocycles. The van der Waals surface area contributed by atoms with Crippen molar-refractivity contribution in [2.45, 2.75) is 32.1 Å². The molecule has 0 atom stereocenters. The molecule has 1 aliphatic rings. The van der Waals surface area contributed by atoms with E-state index >= 15 is 0 Å². The number of nitrogen functional groups attached to an aromatic ring is 1. The lowest BCUT2D eigenvalue weighted by atomic mass is 10.1. The number of rotatable bonds is 6. The second kappa shape index (κ2) is 7.17. The third-order valence-corrected chi connectivity index (χ3v) is 3.90. The minimum absolute atomic E-state index is 0.160. The van der Waals surface area contributed by atoms with E-state index in [1.54, 1.807) is 12.1 Å². The van der Waals surface area contributed by atoms with Crippen LogP contribution in [0.4, 0.5) is 5.69 Å². The maximum Gasteiger partial charge on any atom is 0.225 e. The molecule has 0 unspecified atom stereocenters. The zero-order valence-corrected chi connectivity index (χ0v) is 12.2. The third kappa shape index (κ3) is 4.44. The number of carbonyl (C=O) groups is 1. The topological polar surface area (TPSA) is 55.6 Å². The summed E-state index contributed by atoms with van der Waals surface area (Å²) in [4.78, 5) is 13.9. The van der Waals surface area contributed by atoms with Gasteiger partial charge in [0.15, 0.2) is 0 Å². The maximum atomic E-state index is 12.0. The molecule has 4 heteroatoms.